The second-order valence-corrected chi connectivity index (χ2v) is 6.21. The third kappa shape index (κ3) is 2.33. The number of benzene rings is 1. The largest absolute Gasteiger partial charge is 0.383 e. The van der Waals surface area contributed by atoms with Crippen LogP contribution in [0.15, 0.2) is 18.2 Å². The van der Waals surface area contributed by atoms with Crippen molar-refractivity contribution in [3.05, 3.63) is 56.0 Å². The molecular weight excluding hydrogens is 247 g/mol. The lowest BCUT2D eigenvalue weighted by molar-refractivity contribution is 0.214. The standard InChI is InChI=1S/C15H17FOS/c1-8-5-9(2)14(13(16)6-8)15(17)12-7-10(3)18-11(12)4/h5-7,15,17H,1-4H3. The van der Waals surface area contributed by atoms with Gasteiger partial charge in [0.1, 0.15) is 11.9 Å². The molecule has 0 fully saturated rings. The Hall–Kier alpha value is -1.19. The van der Waals surface area contributed by atoms with Gasteiger partial charge in [0, 0.05) is 15.3 Å². The maximum absolute atomic E-state index is 14.0. The van der Waals surface area contributed by atoms with Crippen molar-refractivity contribution < 1.29 is 9.50 Å². The fourth-order valence-electron chi connectivity index (χ4n) is 2.35. The number of aliphatic hydroxyl groups is 1. The van der Waals surface area contributed by atoms with Crippen LogP contribution in [0.3, 0.4) is 0 Å². The smallest absolute Gasteiger partial charge is 0.129 e. The van der Waals surface area contributed by atoms with Crippen LogP contribution in [0, 0.1) is 33.5 Å². The topological polar surface area (TPSA) is 20.2 Å². The Balaban J connectivity index is 2.52. The Morgan fingerprint density at radius 1 is 1.11 bits per heavy atom. The zero-order valence-corrected chi connectivity index (χ0v) is 11.9. The fourth-order valence-corrected chi connectivity index (χ4v) is 3.31. The van der Waals surface area contributed by atoms with E-state index in [-0.39, 0.29) is 5.82 Å². The van der Waals surface area contributed by atoms with Crippen LogP contribution in [-0.2, 0) is 0 Å². The van der Waals surface area contributed by atoms with Crippen molar-refractivity contribution >= 4 is 11.3 Å². The highest BCUT2D eigenvalue weighted by Gasteiger charge is 2.20. The molecule has 96 valence electrons. The number of aliphatic hydroxyl groups excluding tert-OH is 1. The molecule has 0 aliphatic rings. The van der Waals surface area contributed by atoms with Crippen LogP contribution in [0.25, 0.3) is 0 Å². The first-order chi connectivity index (χ1) is 8.40. The molecule has 0 saturated carbocycles. The molecule has 1 aromatic heterocycles. The maximum atomic E-state index is 14.0. The first-order valence-corrected chi connectivity index (χ1v) is 6.73. The van der Waals surface area contributed by atoms with Crippen molar-refractivity contribution in [3.63, 3.8) is 0 Å². The van der Waals surface area contributed by atoms with E-state index in [2.05, 4.69) is 0 Å². The molecule has 18 heavy (non-hydrogen) atoms. The number of rotatable bonds is 2. The molecule has 0 amide bonds. The van der Waals surface area contributed by atoms with Gasteiger partial charge >= 0.3 is 0 Å². The molecule has 0 bridgehead atoms. The SMILES string of the molecule is Cc1cc(C)c(C(O)c2cc(C)sc2C)c(F)c1. The second-order valence-electron chi connectivity index (χ2n) is 4.75. The minimum absolute atomic E-state index is 0.330. The maximum Gasteiger partial charge on any atom is 0.129 e. The molecule has 0 aliphatic carbocycles. The highest BCUT2D eigenvalue weighted by molar-refractivity contribution is 7.12. The first-order valence-electron chi connectivity index (χ1n) is 5.91. The van der Waals surface area contributed by atoms with Crippen molar-refractivity contribution in [2.24, 2.45) is 0 Å². The normalized spacial score (nSPS) is 12.8. The molecule has 0 aliphatic heterocycles. The zero-order valence-electron chi connectivity index (χ0n) is 11.0. The monoisotopic (exact) mass is 264 g/mol. The van der Waals surface area contributed by atoms with Crippen LogP contribution in [0.1, 0.15) is 38.1 Å². The molecule has 1 aromatic carbocycles. The van der Waals surface area contributed by atoms with Crippen molar-refractivity contribution in [3.8, 4) is 0 Å². The summed E-state index contributed by atoms with van der Waals surface area (Å²) >= 11 is 1.62. The molecule has 0 spiro atoms. The summed E-state index contributed by atoms with van der Waals surface area (Å²) in [5, 5.41) is 10.4. The average Bonchev–Trinajstić information content (AvgIpc) is 2.56. The molecule has 1 unspecified atom stereocenters. The summed E-state index contributed by atoms with van der Waals surface area (Å²) in [6.45, 7) is 7.64. The van der Waals surface area contributed by atoms with E-state index in [1.54, 1.807) is 11.3 Å². The molecule has 1 heterocycles. The summed E-state index contributed by atoms with van der Waals surface area (Å²) < 4.78 is 14.0. The van der Waals surface area contributed by atoms with Crippen molar-refractivity contribution in [2.45, 2.75) is 33.8 Å². The molecule has 1 nitrogen and oxygen atoms in total. The summed E-state index contributed by atoms with van der Waals surface area (Å²) in [5.74, 6) is -0.330. The van der Waals surface area contributed by atoms with Gasteiger partial charge in [0.2, 0.25) is 0 Å². The highest BCUT2D eigenvalue weighted by Crippen LogP contribution is 2.33. The number of hydrogen-bond acceptors (Lipinski definition) is 2. The van der Waals surface area contributed by atoms with E-state index < -0.39 is 6.10 Å². The highest BCUT2D eigenvalue weighted by atomic mass is 32.1. The summed E-state index contributed by atoms with van der Waals surface area (Å²) in [4.78, 5) is 2.17. The third-order valence-corrected chi connectivity index (χ3v) is 4.11. The first kappa shape index (κ1) is 13.2. The molecule has 1 atom stereocenters. The van der Waals surface area contributed by atoms with Gasteiger partial charge in [-0.3, -0.25) is 0 Å². The van der Waals surface area contributed by atoms with Crippen molar-refractivity contribution in [1.82, 2.24) is 0 Å². The van der Waals surface area contributed by atoms with Gasteiger partial charge in [0.05, 0.1) is 0 Å². The van der Waals surface area contributed by atoms with E-state index in [0.717, 1.165) is 26.4 Å². The lowest BCUT2D eigenvalue weighted by Gasteiger charge is -2.15. The van der Waals surface area contributed by atoms with Gasteiger partial charge in [0.25, 0.3) is 0 Å². The number of aryl methyl sites for hydroxylation is 4. The van der Waals surface area contributed by atoms with E-state index in [0.29, 0.717) is 5.56 Å². The molecule has 2 aromatic rings. The Morgan fingerprint density at radius 3 is 2.28 bits per heavy atom. The third-order valence-electron chi connectivity index (χ3n) is 3.13. The van der Waals surface area contributed by atoms with Gasteiger partial charge in [-0.2, -0.15) is 0 Å². The van der Waals surface area contributed by atoms with Crippen LogP contribution < -0.4 is 0 Å². The predicted molar refractivity (Wildman–Crippen MR) is 73.7 cm³/mol. The number of thiophene rings is 1. The molecule has 0 saturated heterocycles. The predicted octanol–water partition coefficient (Wildman–Crippen LogP) is 4.20. The van der Waals surface area contributed by atoms with Crippen molar-refractivity contribution in [2.75, 3.05) is 0 Å². The van der Waals surface area contributed by atoms with Crippen LogP contribution in [-0.4, -0.2) is 5.11 Å². The number of hydrogen-bond donors (Lipinski definition) is 1. The number of halogens is 1. The average molecular weight is 264 g/mol. The van der Waals surface area contributed by atoms with Crippen LogP contribution in [0.4, 0.5) is 4.39 Å². The van der Waals surface area contributed by atoms with Gasteiger partial charge in [-0.05, 0) is 56.5 Å². The summed E-state index contributed by atoms with van der Waals surface area (Å²) in [7, 11) is 0. The van der Waals surface area contributed by atoms with E-state index >= 15 is 0 Å². The Morgan fingerprint density at radius 2 is 1.78 bits per heavy atom. The Bertz CT molecular complexity index is 563. The quantitative estimate of drug-likeness (QED) is 0.861. The summed E-state index contributed by atoms with van der Waals surface area (Å²) in [6, 6.07) is 5.31. The van der Waals surface area contributed by atoms with Gasteiger partial charge in [-0.15, -0.1) is 11.3 Å². The summed E-state index contributed by atoms with van der Waals surface area (Å²) in [6.07, 6.45) is -0.879. The lowest BCUT2D eigenvalue weighted by atomic mass is 9.95. The minimum Gasteiger partial charge on any atom is -0.383 e. The van der Waals surface area contributed by atoms with Gasteiger partial charge < -0.3 is 5.11 Å². The minimum atomic E-state index is -0.879. The molecule has 3 heteroatoms. The van der Waals surface area contributed by atoms with Gasteiger partial charge in [-0.25, -0.2) is 4.39 Å². The Kier molecular flexibility index (Phi) is 3.55. The van der Waals surface area contributed by atoms with Crippen LogP contribution >= 0.6 is 11.3 Å². The van der Waals surface area contributed by atoms with E-state index in [1.165, 1.54) is 6.07 Å². The second kappa shape index (κ2) is 4.82. The van der Waals surface area contributed by atoms with E-state index in [1.807, 2.05) is 39.8 Å². The van der Waals surface area contributed by atoms with E-state index in [4.69, 9.17) is 0 Å². The van der Waals surface area contributed by atoms with E-state index in [9.17, 15) is 9.50 Å². The molecule has 2 rings (SSSR count). The Labute approximate surface area is 111 Å². The molecule has 0 radical (unpaired) electrons. The lowest BCUT2D eigenvalue weighted by Crippen LogP contribution is -2.06. The van der Waals surface area contributed by atoms with Crippen LogP contribution in [0.5, 0.6) is 0 Å². The van der Waals surface area contributed by atoms with Gasteiger partial charge in [0.15, 0.2) is 0 Å². The van der Waals surface area contributed by atoms with Gasteiger partial charge in [-0.1, -0.05) is 6.07 Å². The summed E-state index contributed by atoms with van der Waals surface area (Å²) in [5.41, 5.74) is 2.87. The van der Waals surface area contributed by atoms with Crippen LogP contribution in [0.2, 0.25) is 0 Å². The van der Waals surface area contributed by atoms with Crippen molar-refractivity contribution in [1.29, 1.82) is 0 Å². The fraction of sp³-hybridized carbons (Fsp3) is 0.333. The zero-order chi connectivity index (χ0) is 13.4. The molecule has 1 N–H and O–H groups in total. The molecular formula is C15H17FOS.